The third-order valence-electron chi connectivity index (χ3n) is 2.69. The van der Waals surface area contributed by atoms with E-state index in [1.807, 2.05) is 0 Å². The van der Waals surface area contributed by atoms with Crippen LogP contribution in [0.1, 0.15) is 23.7 Å². The van der Waals surface area contributed by atoms with E-state index in [0.717, 1.165) is 15.2 Å². The van der Waals surface area contributed by atoms with Crippen LogP contribution >= 0.6 is 38.6 Å². The molecule has 2 rings (SSSR count). The maximum Gasteiger partial charge on any atom is 0.100 e. The fourth-order valence-corrected chi connectivity index (χ4v) is 4.02. The molecule has 0 amide bonds. The number of thiophene rings is 1. The van der Waals surface area contributed by atoms with E-state index in [4.69, 9.17) is 10.7 Å². The molecule has 0 aliphatic heterocycles. The van der Waals surface area contributed by atoms with Crippen molar-refractivity contribution in [2.45, 2.75) is 26.2 Å². The number of hydrogen-bond donors (Lipinski definition) is 1. The van der Waals surface area contributed by atoms with Crippen LogP contribution in [0.3, 0.4) is 0 Å². The zero-order chi connectivity index (χ0) is 12.6. The van der Waals surface area contributed by atoms with Crippen molar-refractivity contribution in [2.24, 2.45) is 5.73 Å². The number of rotatable bonds is 3. The highest BCUT2D eigenvalue weighted by molar-refractivity contribution is 9.10. The third kappa shape index (κ3) is 2.62. The lowest BCUT2D eigenvalue weighted by Gasteiger charge is -2.18. The minimum atomic E-state index is -0.0395. The zero-order valence-electron chi connectivity index (χ0n) is 10.1. The van der Waals surface area contributed by atoms with E-state index < -0.39 is 0 Å². The van der Waals surface area contributed by atoms with Gasteiger partial charge in [0, 0.05) is 26.7 Å². The lowest BCUT2D eigenvalue weighted by atomic mass is 9.95. The number of hydrogen-bond acceptors (Lipinski definition) is 4. The van der Waals surface area contributed by atoms with Gasteiger partial charge >= 0.3 is 0 Å². The molecule has 2 nitrogen and oxygen atoms in total. The average Bonchev–Trinajstić information content (AvgIpc) is 2.85. The van der Waals surface area contributed by atoms with Crippen LogP contribution in [0.4, 0.5) is 0 Å². The lowest BCUT2D eigenvalue weighted by molar-refractivity contribution is 0.536. The van der Waals surface area contributed by atoms with Gasteiger partial charge in [-0.25, -0.2) is 4.98 Å². The summed E-state index contributed by atoms with van der Waals surface area (Å²) < 4.78 is 1.12. The van der Waals surface area contributed by atoms with Crippen LogP contribution in [0.2, 0.25) is 0 Å². The number of nitrogens with zero attached hydrogens (tertiary/aromatic N) is 1. The summed E-state index contributed by atoms with van der Waals surface area (Å²) in [6, 6.07) is 2.12. The van der Waals surface area contributed by atoms with E-state index in [1.54, 1.807) is 22.7 Å². The Kier molecular flexibility index (Phi) is 3.73. The summed E-state index contributed by atoms with van der Waals surface area (Å²) in [7, 11) is 0. The summed E-state index contributed by atoms with van der Waals surface area (Å²) in [4.78, 5) is 7.24. The van der Waals surface area contributed by atoms with E-state index in [9.17, 15) is 0 Å². The predicted octanol–water partition coefficient (Wildman–Crippen LogP) is 4.18. The molecule has 5 heteroatoms. The van der Waals surface area contributed by atoms with Gasteiger partial charge in [-0.3, -0.25) is 0 Å². The van der Waals surface area contributed by atoms with Crippen LogP contribution in [0, 0.1) is 6.92 Å². The minimum Gasteiger partial charge on any atom is -0.330 e. The first kappa shape index (κ1) is 13.2. The summed E-state index contributed by atoms with van der Waals surface area (Å²) in [6.07, 6.45) is 0. The van der Waals surface area contributed by atoms with Crippen molar-refractivity contribution < 1.29 is 0 Å². The SMILES string of the molecule is Cc1sc(C(C)(C)CN)nc1-c1cc(Br)cs1. The molecule has 0 aromatic carbocycles. The Bertz CT molecular complexity index is 528. The van der Waals surface area contributed by atoms with E-state index in [-0.39, 0.29) is 5.41 Å². The van der Waals surface area contributed by atoms with Crippen LogP contribution < -0.4 is 5.73 Å². The lowest BCUT2D eigenvalue weighted by Crippen LogP contribution is -2.27. The predicted molar refractivity (Wildman–Crippen MR) is 79.9 cm³/mol. The Morgan fingerprint density at radius 3 is 2.71 bits per heavy atom. The highest BCUT2D eigenvalue weighted by Gasteiger charge is 2.24. The van der Waals surface area contributed by atoms with Crippen molar-refractivity contribution in [3.05, 3.63) is 25.8 Å². The second-order valence-corrected chi connectivity index (χ2v) is 7.67. The topological polar surface area (TPSA) is 38.9 Å². The Hall–Kier alpha value is -0.230. The average molecular weight is 331 g/mol. The standard InChI is InChI=1S/C12H15BrN2S2/c1-7-10(9-4-8(13)5-16-9)15-11(17-7)12(2,3)6-14/h4-5H,6,14H2,1-3H3. The summed E-state index contributed by atoms with van der Waals surface area (Å²) >= 11 is 6.94. The molecule has 0 aliphatic carbocycles. The van der Waals surface area contributed by atoms with Gasteiger partial charge in [0.05, 0.1) is 10.6 Å². The first-order valence-electron chi connectivity index (χ1n) is 5.36. The molecule has 0 saturated carbocycles. The molecule has 0 spiro atoms. The molecular weight excluding hydrogens is 316 g/mol. The fraction of sp³-hybridized carbons (Fsp3) is 0.417. The first-order chi connectivity index (χ1) is 7.94. The number of nitrogens with two attached hydrogens (primary N) is 1. The minimum absolute atomic E-state index is 0.0395. The van der Waals surface area contributed by atoms with Crippen LogP contribution in [-0.2, 0) is 5.41 Å². The molecule has 0 radical (unpaired) electrons. The van der Waals surface area contributed by atoms with Gasteiger partial charge in [0.25, 0.3) is 0 Å². The molecule has 2 heterocycles. The number of aryl methyl sites for hydroxylation is 1. The summed E-state index contributed by atoms with van der Waals surface area (Å²) in [5.41, 5.74) is 6.86. The first-order valence-corrected chi connectivity index (χ1v) is 7.85. The van der Waals surface area contributed by atoms with Gasteiger partial charge < -0.3 is 5.73 Å². The van der Waals surface area contributed by atoms with Gasteiger partial charge in [-0.05, 0) is 28.9 Å². The number of thiazole rings is 1. The van der Waals surface area contributed by atoms with Crippen LogP contribution in [0.5, 0.6) is 0 Å². The molecular formula is C12H15BrN2S2. The Balaban J connectivity index is 2.44. The van der Waals surface area contributed by atoms with Crippen molar-refractivity contribution in [3.8, 4) is 10.6 Å². The van der Waals surface area contributed by atoms with Crippen LogP contribution in [0.25, 0.3) is 10.6 Å². The molecule has 0 unspecified atom stereocenters. The van der Waals surface area contributed by atoms with E-state index in [0.29, 0.717) is 6.54 Å². The van der Waals surface area contributed by atoms with Crippen molar-refractivity contribution >= 4 is 38.6 Å². The second-order valence-electron chi connectivity index (χ2n) is 4.64. The molecule has 0 bridgehead atoms. The largest absolute Gasteiger partial charge is 0.330 e. The van der Waals surface area contributed by atoms with Crippen molar-refractivity contribution in [1.29, 1.82) is 0 Å². The van der Waals surface area contributed by atoms with E-state index in [1.165, 1.54) is 9.75 Å². The van der Waals surface area contributed by atoms with Crippen LogP contribution in [-0.4, -0.2) is 11.5 Å². The Labute approximate surface area is 118 Å². The normalized spacial score (nSPS) is 12.1. The smallest absolute Gasteiger partial charge is 0.100 e. The summed E-state index contributed by atoms with van der Waals surface area (Å²) in [5.74, 6) is 0. The maximum absolute atomic E-state index is 5.80. The molecule has 2 aromatic heterocycles. The highest BCUT2D eigenvalue weighted by Crippen LogP contribution is 2.37. The Morgan fingerprint density at radius 1 is 1.47 bits per heavy atom. The quantitative estimate of drug-likeness (QED) is 0.916. The molecule has 92 valence electrons. The van der Waals surface area contributed by atoms with Gasteiger partial charge in [-0.2, -0.15) is 0 Å². The van der Waals surface area contributed by atoms with Crippen LogP contribution in [0.15, 0.2) is 15.9 Å². The highest BCUT2D eigenvalue weighted by atomic mass is 79.9. The van der Waals surface area contributed by atoms with Crippen molar-refractivity contribution in [1.82, 2.24) is 4.98 Å². The Morgan fingerprint density at radius 2 is 2.18 bits per heavy atom. The zero-order valence-corrected chi connectivity index (χ0v) is 13.3. The summed E-state index contributed by atoms with van der Waals surface area (Å²) in [6.45, 7) is 7.02. The molecule has 2 aromatic rings. The summed E-state index contributed by atoms with van der Waals surface area (Å²) in [5, 5.41) is 3.21. The molecule has 0 fully saturated rings. The van der Waals surface area contributed by atoms with Gasteiger partial charge in [-0.1, -0.05) is 13.8 Å². The molecule has 2 N–H and O–H groups in total. The monoisotopic (exact) mass is 330 g/mol. The van der Waals surface area contributed by atoms with Gasteiger partial charge in [0.2, 0.25) is 0 Å². The maximum atomic E-state index is 5.80. The van der Waals surface area contributed by atoms with Gasteiger partial charge in [-0.15, -0.1) is 22.7 Å². The molecule has 0 aliphatic rings. The van der Waals surface area contributed by atoms with Crippen molar-refractivity contribution in [2.75, 3.05) is 6.54 Å². The van der Waals surface area contributed by atoms with E-state index in [2.05, 4.69) is 48.1 Å². The molecule has 0 saturated heterocycles. The molecule has 17 heavy (non-hydrogen) atoms. The number of halogens is 1. The van der Waals surface area contributed by atoms with Gasteiger partial charge in [0.1, 0.15) is 5.01 Å². The van der Waals surface area contributed by atoms with Gasteiger partial charge in [0.15, 0.2) is 0 Å². The van der Waals surface area contributed by atoms with E-state index >= 15 is 0 Å². The second kappa shape index (κ2) is 4.80. The molecule has 0 atom stereocenters. The third-order valence-corrected chi connectivity index (χ3v) is 5.72. The van der Waals surface area contributed by atoms with Crippen molar-refractivity contribution in [3.63, 3.8) is 0 Å². The number of aromatic nitrogens is 1. The fourth-order valence-electron chi connectivity index (χ4n) is 1.44.